The zero-order valence-corrected chi connectivity index (χ0v) is 17.0. The lowest BCUT2D eigenvalue weighted by Crippen LogP contribution is -2.42. The summed E-state index contributed by atoms with van der Waals surface area (Å²) in [6, 6.07) is 11.9. The van der Waals surface area contributed by atoms with Gasteiger partial charge in [0.2, 0.25) is 12.7 Å². The van der Waals surface area contributed by atoms with Crippen LogP contribution in [0.3, 0.4) is 0 Å². The zero-order chi connectivity index (χ0) is 21.5. The largest absolute Gasteiger partial charge is 0.454 e. The molecule has 0 spiro atoms. The van der Waals surface area contributed by atoms with Crippen LogP contribution in [0.15, 0.2) is 42.5 Å². The smallest absolute Gasteiger partial charge is 0.325 e. The van der Waals surface area contributed by atoms with E-state index >= 15 is 0 Å². The molecule has 30 heavy (non-hydrogen) atoms. The van der Waals surface area contributed by atoms with Crippen molar-refractivity contribution >= 4 is 23.5 Å². The van der Waals surface area contributed by atoms with Crippen LogP contribution < -0.4 is 20.1 Å². The van der Waals surface area contributed by atoms with Gasteiger partial charge in [-0.25, -0.2) is 4.79 Å². The Labute approximate surface area is 174 Å². The number of fused-ring (bicyclic) bond motifs is 1. The van der Waals surface area contributed by atoms with Gasteiger partial charge in [-0.1, -0.05) is 38.1 Å². The van der Waals surface area contributed by atoms with Crippen LogP contribution in [-0.2, 0) is 15.1 Å². The fraction of sp³-hybridized carbons (Fsp3) is 0.318. The Morgan fingerprint density at radius 2 is 1.83 bits per heavy atom. The minimum absolute atomic E-state index is 0.131. The number of urea groups is 1. The molecule has 1 saturated heterocycles. The highest BCUT2D eigenvalue weighted by atomic mass is 16.7. The molecule has 2 N–H and O–H groups in total. The predicted molar refractivity (Wildman–Crippen MR) is 109 cm³/mol. The zero-order valence-electron chi connectivity index (χ0n) is 17.0. The first-order valence-corrected chi connectivity index (χ1v) is 9.72. The molecular formula is C22H23N3O5. The van der Waals surface area contributed by atoms with Gasteiger partial charge in [0.1, 0.15) is 12.1 Å². The third-order valence-electron chi connectivity index (χ3n) is 5.39. The Hall–Kier alpha value is -3.55. The molecule has 8 heteroatoms. The lowest BCUT2D eigenvalue weighted by molar-refractivity contribution is -0.133. The van der Waals surface area contributed by atoms with Crippen LogP contribution in [0, 0.1) is 0 Å². The van der Waals surface area contributed by atoms with E-state index in [1.54, 1.807) is 25.1 Å². The fourth-order valence-corrected chi connectivity index (χ4v) is 3.56. The van der Waals surface area contributed by atoms with Crippen molar-refractivity contribution in [2.75, 3.05) is 18.7 Å². The first kappa shape index (κ1) is 19.8. The monoisotopic (exact) mass is 409 g/mol. The molecule has 0 aliphatic carbocycles. The molecule has 2 heterocycles. The number of anilines is 1. The van der Waals surface area contributed by atoms with Gasteiger partial charge < -0.3 is 20.1 Å². The number of hydrogen-bond acceptors (Lipinski definition) is 5. The van der Waals surface area contributed by atoms with Crippen molar-refractivity contribution in [1.82, 2.24) is 10.2 Å². The van der Waals surface area contributed by atoms with Crippen molar-refractivity contribution in [3.8, 4) is 11.5 Å². The molecule has 0 saturated carbocycles. The van der Waals surface area contributed by atoms with Gasteiger partial charge in [0.25, 0.3) is 5.91 Å². The number of nitrogens with zero attached hydrogens (tertiary/aromatic N) is 1. The standard InChI is InChI=1S/C22H23N3O5/c1-13(2)14-4-6-15(7-5-14)22(3)20(27)25(21(28)24-22)11-19(26)23-16-8-9-17-18(10-16)30-12-29-17/h4-10,13H,11-12H2,1-3H3,(H,23,26)(H,24,28)/t22-/m0/s1. The van der Waals surface area contributed by atoms with Crippen LogP contribution in [0.2, 0.25) is 0 Å². The molecular weight excluding hydrogens is 386 g/mol. The van der Waals surface area contributed by atoms with Gasteiger partial charge in [-0.2, -0.15) is 0 Å². The predicted octanol–water partition coefficient (Wildman–Crippen LogP) is 2.94. The first-order valence-electron chi connectivity index (χ1n) is 9.72. The number of ether oxygens (including phenoxy) is 2. The highest BCUT2D eigenvalue weighted by Crippen LogP contribution is 2.34. The number of imide groups is 1. The number of carbonyl (C=O) groups excluding carboxylic acids is 3. The van der Waals surface area contributed by atoms with Crippen molar-refractivity contribution in [2.45, 2.75) is 32.2 Å². The topological polar surface area (TPSA) is 97.0 Å². The van der Waals surface area contributed by atoms with Crippen molar-refractivity contribution in [2.24, 2.45) is 0 Å². The van der Waals surface area contributed by atoms with Crippen molar-refractivity contribution < 1.29 is 23.9 Å². The Kier molecular flexibility index (Phi) is 4.85. The lowest BCUT2D eigenvalue weighted by Gasteiger charge is -2.22. The van der Waals surface area contributed by atoms with Crippen molar-refractivity contribution in [3.05, 3.63) is 53.6 Å². The van der Waals surface area contributed by atoms with E-state index in [0.29, 0.717) is 28.7 Å². The molecule has 0 aromatic heterocycles. The van der Waals surface area contributed by atoms with Gasteiger partial charge in [-0.05, 0) is 36.1 Å². The van der Waals surface area contributed by atoms with Gasteiger partial charge in [0, 0.05) is 11.8 Å². The van der Waals surface area contributed by atoms with E-state index in [2.05, 4.69) is 24.5 Å². The molecule has 0 bridgehead atoms. The highest BCUT2D eigenvalue weighted by molar-refractivity contribution is 6.10. The number of benzene rings is 2. The number of carbonyl (C=O) groups is 3. The van der Waals surface area contributed by atoms with Gasteiger partial charge in [0.15, 0.2) is 11.5 Å². The van der Waals surface area contributed by atoms with Gasteiger partial charge in [-0.15, -0.1) is 0 Å². The second-order valence-corrected chi connectivity index (χ2v) is 7.84. The summed E-state index contributed by atoms with van der Waals surface area (Å²) in [4.78, 5) is 38.9. The molecule has 1 atom stereocenters. The third kappa shape index (κ3) is 3.45. The maximum absolute atomic E-state index is 13.0. The summed E-state index contributed by atoms with van der Waals surface area (Å²) in [6.45, 7) is 5.55. The summed E-state index contributed by atoms with van der Waals surface area (Å²) in [6.07, 6.45) is 0. The normalized spacial score (nSPS) is 19.9. The molecule has 156 valence electrons. The maximum Gasteiger partial charge on any atom is 0.325 e. The Morgan fingerprint density at radius 3 is 2.53 bits per heavy atom. The van der Waals surface area contributed by atoms with E-state index in [1.807, 2.05) is 24.3 Å². The second-order valence-electron chi connectivity index (χ2n) is 7.84. The summed E-state index contributed by atoms with van der Waals surface area (Å²) >= 11 is 0. The summed E-state index contributed by atoms with van der Waals surface area (Å²) in [5.74, 6) is 0.529. The van der Waals surface area contributed by atoms with Crippen LogP contribution in [-0.4, -0.2) is 36.1 Å². The van der Waals surface area contributed by atoms with E-state index in [4.69, 9.17) is 9.47 Å². The quantitative estimate of drug-likeness (QED) is 0.740. The van der Waals surface area contributed by atoms with Crippen LogP contribution in [0.25, 0.3) is 0 Å². The van der Waals surface area contributed by atoms with E-state index in [0.717, 1.165) is 10.5 Å². The lowest BCUT2D eigenvalue weighted by atomic mass is 9.90. The molecule has 0 radical (unpaired) electrons. The molecule has 2 aromatic rings. The van der Waals surface area contributed by atoms with E-state index in [-0.39, 0.29) is 6.79 Å². The molecule has 1 fully saturated rings. The van der Waals surface area contributed by atoms with Gasteiger partial charge in [-0.3, -0.25) is 14.5 Å². The number of rotatable bonds is 5. The number of amides is 4. The second kappa shape index (κ2) is 7.37. The number of hydrogen-bond donors (Lipinski definition) is 2. The highest BCUT2D eigenvalue weighted by Gasteiger charge is 2.49. The van der Waals surface area contributed by atoms with E-state index < -0.39 is 29.9 Å². The summed E-state index contributed by atoms with van der Waals surface area (Å²) < 4.78 is 10.5. The minimum atomic E-state index is -1.22. The Morgan fingerprint density at radius 1 is 1.13 bits per heavy atom. The molecule has 2 aliphatic heterocycles. The van der Waals surface area contributed by atoms with E-state index in [9.17, 15) is 14.4 Å². The van der Waals surface area contributed by atoms with Gasteiger partial charge >= 0.3 is 6.03 Å². The molecule has 2 aliphatic rings. The molecule has 8 nitrogen and oxygen atoms in total. The maximum atomic E-state index is 13.0. The van der Waals surface area contributed by atoms with Crippen molar-refractivity contribution in [3.63, 3.8) is 0 Å². The average molecular weight is 409 g/mol. The molecule has 2 aromatic carbocycles. The molecule has 4 rings (SSSR count). The van der Waals surface area contributed by atoms with Crippen LogP contribution in [0.1, 0.15) is 37.8 Å². The summed E-state index contributed by atoms with van der Waals surface area (Å²) in [5, 5.41) is 5.40. The van der Waals surface area contributed by atoms with Gasteiger partial charge in [0.05, 0.1) is 0 Å². The Balaban J connectivity index is 1.46. The fourth-order valence-electron chi connectivity index (χ4n) is 3.56. The van der Waals surface area contributed by atoms with Crippen molar-refractivity contribution in [1.29, 1.82) is 0 Å². The number of nitrogens with one attached hydrogen (secondary N) is 2. The van der Waals surface area contributed by atoms with Crippen LogP contribution in [0.5, 0.6) is 11.5 Å². The average Bonchev–Trinajstić information content (AvgIpc) is 3.26. The first-order chi connectivity index (χ1) is 14.3. The molecule has 4 amide bonds. The third-order valence-corrected chi connectivity index (χ3v) is 5.39. The summed E-state index contributed by atoms with van der Waals surface area (Å²) in [5.41, 5.74) is 1.08. The van der Waals surface area contributed by atoms with Crippen LogP contribution >= 0.6 is 0 Å². The van der Waals surface area contributed by atoms with E-state index in [1.165, 1.54) is 0 Å². The molecule has 0 unspecified atom stereocenters. The summed E-state index contributed by atoms with van der Waals surface area (Å²) in [7, 11) is 0. The Bertz CT molecular complexity index is 1020. The minimum Gasteiger partial charge on any atom is -0.454 e. The van der Waals surface area contributed by atoms with Crippen LogP contribution in [0.4, 0.5) is 10.5 Å². The SMILES string of the molecule is CC(C)c1ccc([C@]2(C)NC(=O)N(CC(=O)Nc3ccc4c(c3)OCO4)C2=O)cc1.